The lowest BCUT2D eigenvalue weighted by Gasteiger charge is -2.09. The molecule has 1 atom stereocenters. The Morgan fingerprint density at radius 3 is 2.65 bits per heavy atom. The molecule has 0 radical (unpaired) electrons. The normalized spacial score (nSPS) is 11.2. The van der Waals surface area contributed by atoms with Crippen LogP contribution in [0.15, 0.2) is 18.2 Å². The van der Waals surface area contributed by atoms with E-state index in [1.165, 1.54) is 0 Å². The number of rotatable bonds is 3. The lowest BCUT2D eigenvalue weighted by atomic mass is 10.1. The highest BCUT2D eigenvalue weighted by Crippen LogP contribution is 2.25. The maximum atomic E-state index is 12.9. The Morgan fingerprint density at radius 1 is 1.59 bits per heavy atom. The Kier molecular flexibility index (Phi) is 5.49. The van der Waals surface area contributed by atoms with Crippen molar-refractivity contribution in [3.05, 3.63) is 39.7 Å². The van der Waals surface area contributed by atoms with Crippen molar-refractivity contribution in [2.24, 2.45) is 5.73 Å². The maximum absolute atomic E-state index is 12.9. The van der Waals surface area contributed by atoms with E-state index in [0.29, 0.717) is 0 Å². The molecule has 0 saturated heterocycles. The number of benzene rings is 1. The summed E-state index contributed by atoms with van der Waals surface area (Å²) in [6.45, 7) is 0. The summed E-state index contributed by atoms with van der Waals surface area (Å²) in [6.07, 6.45) is 0. The summed E-state index contributed by atoms with van der Waals surface area (Å²) in [6, 6.07) is 1.35. The highest BCUT2D eigenvalue weighted by atomic mass is 35.5. The first-order chi connectivity index (χ1) is 7.47. The third-order valence-electron chi connectivity index (χ3n) is 1.98. The van der Waals surface area contributed by atoms with Crippen LogP contribution in [0.1, 0.15) is 11.6 Å². The Bertz CT molecular complexity index is 441. The second-order valence-corrected chi connectivity index (χ2v) is 2.96. The number of nitrogens with zero attached hydrogens (tertiary/aromatic N) is 1. The molecule has 0 unspecified atom stereocenters. The summed E-state index contributed by atoms with van der Waals surface area (Å²) in [5, 5.41) is 10.6. The number of hydrogen-bond donors (Lipinski definition) is 1. The van der Waals surface area contributed by atoms with Crippen molar-refractivity contribution in [2.75, 3.05) is 7.11 Å². The first-order valence-corrected chi connectivity index (χ1v) is 4.24. The molecule has 1 aromatic rings. The van der Waals surface area contributed by atoms with Gasteiger partial charge in [0.25, 0.3) is 5.69 Å². The van der Waals surface area contributed by atoms with Crippen LogP contribution in [0.2, 0.25) is 0 Å². The third kappa shape index (κ3) is 3.36. The average Bonchev–Trinajstić information content (AvgIpc) is 2.26. The number of esters is 1. The Balaban J connectivity index is 0.00000256. The van der Waals surface area contributed by atoms with E-state index in [9.17, 15) is 19.3 Å². The number of halogens is 2. The van der Waals surface area contributed by atoms with Gasteiger partial charge in [0.2, 0.25) is 0 Å². The summed E-state index contributed by atoms with van der Waals surface area (Å²) in [5.74, 6) is -1.58. The minimum absolute atomic E-state index is 0. The van der Waals surface area contributed by atoms with E-state index in [1.54, 1.807) is 0 Å². The van der Waals surface area contributed by atoms with E-state index in [4.69, 9.17) is 5.73 Å². The van der Waals surface area contributed by atoms with Crippen molar-refractivity contribution < 1.29 is 18.8 Å². The molecule has 0 heterocycles. The second kappa shape index (κ2) is 6.12. The van der Waals surface area contributed by atoms with Crippen molar-refractivity contribution in [1.29, 1.82) is 0 Å². The van der Waals surface area contributed by atoms with Crippen LogP contribution in [-0.4, -0.2) is 18.0 Å². The van der Waals surface area contributed by atoms with E-state index in [1.807, 2.05) is 0 Å². The first-order valence-electron chi connectivity index (χ1n) is 4.24. The molecular weight excluding hydrogens is 255 g/mol. The predicted molar refractivity (Wildman–Crippen MR) is 59.2 cm³/mol. The van der Waals surface area contributed by atoms with Gasteiger partial charge in [0.05, 0.1) is 17.6 Å². The van der Waals surface area contributed by atoms with Gasteiger partial charge in [-0.1, -0.05) is 0 Å². The molecule has 1 aromatic carbocycles. The summed E-state index contributed by atoms with van der Waals surface area (Å²) in [7, 11) is 1.09. The van der Waals surface area contributed by atoms with Crippen LogP contribution in [0.5, 0.6) is 0 Å². The fourth-order valence-electron chi connectivity index (χ4n) is 1.19. The minimum atomic E-state index is -1.37. The molecule has 2 N–H and O–H groups in total. The molecule has 94 valence electrons. The Labute approximate surface area is 102 Å². The summed E-state index contributed by atoms with van der Waals surface area (Å²) >= 11 is 0. The zero-order valence-corrected chi connectivity index (χ0v) is 9.57. The van der Waals surface area contributed by atoms with Crippen LogP contribution in [0.3, 0.4) is 0 Å². The molecule has 0 spiro atoms. The molecule has 0 saturated carbocycles. The average molecular weight is 265 g/mol. The standard InChI is InChI=1S/C9H9FN2O4.ClH/c1-16-9(13)8(11)6-4-5(10)2-3-7(6)12(14)15;/h2-4,8H,11H2,1H3;1H/t8-;/m1./s1. The largest absolute Gasteiger partial charge is 0.468 e. The summed E-state index contributed by atoms with van der Waals surface area (Å²) < 4.78 is 17.2. The highest BCUT2D eigenvalue weighted by molar-refractivity contribution is 5.85. The van der Waals surface area contributed by atoms with Crippen LogP contribution >= 0.6 is 12.4 Å². The fourth-order valence-corrected chi connectivity index (χ4v) is 1.19. The number of methoxy groups -OCH3 is 1. The van der Waals surface area contributed by atoms with Gasteiger partial charge in [0.15, 0.2) is 0 Å². The Hall–Kier alpha value is -1.73. The van der Waals surface area contributed by atoms with Gasteiger partial charge in [-0.05, 0) is 12.1 Å². The van der Waals surface area contributed by atoms with E-state index in [0.717, 1.165) is 25.3 Å². The number of nitro groups is 1. The summed E-state index contributed by atoms with van der Waals surface area (Å²) in [5.41, 5.74) is 4.78. The first kappa shape index (κ1) is 15.3. The molecule has 17 heavy (non-hydrogen) atoms. The van der Waals surface area contributed by atoms with Gasteiger partial charge in [-0.25, -0.2) is 9.18 Å². The SMILES string of the molecule is COC(=O)[C@H](N)c1cc(F)ccc1[N+](=O)[O-].Cl. The van der Waals surface area contributed by atoms with Crippen molar-refractivity contribution >= 4 is 24.1 Å². The molecule has 0 bridgehead atoms. The molecule has 0 aliphatic heterocycles. The van der Waals surface area contributed by atoms with Gasteiger partial charge in [-0.15, -0.1) is 12.4 Å². The maximum Gasteiger partial charge on any atom is 0.327 e. The van der Waals surface area contributed by atoms with Gasteiger partial charge in [-0.3, -0.25) is 10.1 Å². The number of nitro benzene ring substituents is 1. The van der Waals surface area contributed by atoms with E-state index in [2.05, 4.69) is 4.74 Å². The van der Waals surface area contributed by atoms with Crippen molar-refractivity contribution in [3.63, 3.8) is 0 Å². The van der Waals surface area contributed by atoms with Crippen LogP contribution in [0.4, 0.5) is 10.1 Å². The lowest BCUT2D eigenvalue weighted by molar-refractivity contribution is -0.385. The molecule has 0 aromatic heterocycles. The topological polar surface area (TPSA) is 95.5 Å². The third-order valence-corrected chi connectivity index (χ3v) is 1.98. The predicted octanol–water partition coefficient (Wildman–Crippen LogP) is 1.33. The van der Waals surface area contributed by atoms with Crippen LogP contribution in [0.25, 0.3) is 0 Å². The fraction of sp³-hybridized carbons (Fsp3) is 0.222. The molecule has 8 heteroatoms. The second-order valence-electron chi connectivity index (χ2n) is 2.96. The van der Waals surface area contributed by atoms with Gasteiger partial charge in [-0.2, -0.15) is 0 Å². The van der Waals surface area contributed by atoms with Gasteiger partial charge >= 0.3 is 5.97 Å². The van der Waals surface area contributed by atoms with Crippen LogP contribution in [0, 0.1) is 15.9 Å². The number of carbonyl (C=O) groups is 1. The smallest absolute Gasteiger partial charge is 0.327 e. The van der Waals surface area contributed by atoms with Crippen LogP contribution in [-0.2, 0) is 9.53 Å². The number of carbonyl (C=O) groups excluding carboxylic acids is 1. The van der Waals surface area contributed by atoms with E-state index < -0.39 is 28.4 Å². The summed E-state index contributed by atoms with van der Waals surface area (Å²) in [4.78, 5) is 21.0. The highest BCUT2D eigenvalue weighted by Gasteiger charge is 2.25. The zero-order chi connectivity index (χ0) is 12.3. The van der Waals surface area contributed by atoms with E-state index in [-0.39, 0.29) is 18.0 Å². The molecule has 0 fully saturated rings. The molecule has 1 rings (SSSR count). The quantitative estimate of drug-likeness (QED) is 0.505. The zero-order valence-electron chi connectivity index (χ0n) is 8.75. The van der Waals surface area contributed by atoms with E-state index >= 15 is 0 Å². The van der Waals surface area contributed by atoms with Gasteiger partial charge in [0, 0.05) is 6.07 Å². The molecule has 0 aliphatic carbocycles. The minimum Gasteiger partial charge on any atom is -0.468 e. The lowest BCUT2D eigenvalue weighted by Crippen LogP contribution is -2.23. The molecule has 0 amide bonds. The Morgan fingerprint density at radius 2 is 2.18 bits per heavy atom. The molecule has 6 nitrogen and oxygen atoms in total. The van der Waals surface area contributed by atoms with Crippen LogP contribution < -0.4 is 5.73 Å². The van der Waals surface area contributed by atoms with Crippen molar-refractivity contribution in [2.45, 2.75) is 6.04 Å². The van der Waals surface area contributed by atoms with Crippen molar-refractivity contribution in [3.8, 4) is 0 Å². The van der Waals surface area contributed by atoms with Crippen molar-refractivity contribution in [1.82, 2.24) is 0 Å². The van der Waals surface area contributed by atoms with Gasteiger partial charge in [0.1, 0.15) is 11.9 Å². The number of ether oxygens (including phenoxy) is 1. The molecule has 0 aliphatic rings. The number of hydrogen-bond acceptors (Lipinski definition) is 5. The monoisotopic (exact) mass is 264 g/mol. The number of nitrogens with two attached hydrogens (primary N) is 1. The molecular formula is C9H10ClFN2O4. The van der Waals surface area contributed by atoms with Gasteiger partial charge < -0.3 is 10.5 Å².